The lowest BCUT2D eigenvalue weighted by Crippen LogP contribution is -2.09. The van der Waals surface area contributed by atoms with Crippen molar-refractivity contribution in [2.24, 2.45) is 0 Å². The van der Waals surface area contributed by atoms with Crippen molar-refractivity contribution >= 4 is 33.3 Å². The Hall–Kier alpha value is -1.63. The summed E-state index contributed by atoms with van der Waals surface area (Å²) in [5.41, 5.74) is 3.11. The van der Waals surface area contributed by atoms with Crippen LogP contribution in [-0.4, -0.2) is 29.4 Å². The fraction of sp³-hybridized carbons (Fsp3) is 0.250. The summed E-state index contributed by atoms with van der Waals surface area (Å²) in [4.78, 5) is 20.6. The third kappa shape index (κ3) is 3.09. The van der Waals surface area contributed by atoms with Gasteiger partial charge in [-0.3, -0.25) is 4.79 Å². The van der Waals surface area contributed by atoms with Crippen LogP contribution in [0.2, 0.25) is 0 Å². The number of hydrogen-bond acceptors (Lipinski definition) is 5. The average Bonchev–Trinajstić information content (AvgIpc) is 2.93. The molecule has 1 aromatic carbocycles. The number of methoxy groups -OCH3 is 1. The van der Waals surface area contributed by atoms with Crippen LogP contribution in [0.15, 0.2) is 39.6 Å². The quantitative estimate of drug-likeness (QED) is 0.440. The predicted molar refractivity (Wildman–Crippen MR) is 93.0 cm³/mol. The van der Waals surface area contributed by atoms with E-state index in [9.17, 15) is 4.79 Å². The standard InChI is InChI=1S/C16H16N2O2S2/c1-10-3-5-11(6-4-10)12-9-22-15-13(12)14(19)17-16(18-15)21-8-7-20-2/h3-6,9H,7-8H2,1-2H3,(H,17,18,19). The Morgan fingerprint density at radius 1 is 1.32 bits per heavy atom. The molecule has 4 nitrogen and oxygen atoms in total. The molecular weight excluding hydrogens is 316 g/mol. The lowest BCUT2D eigenvalue weighted by Gasteiger charge is -2.02. The third-order valence-corrected chi connectivity index (χ3v) is 5.02. The minimum Gasteiger partial charge on any atom is -0.384 e. The number of nitrogens with zero attached hydrogens (tertiary/aromatic N) is 1. The number of fused-ring (bicyclic) bond motifs is 1. The van der Waals surface area contributed by atoms with Gasteiger partial charge in [-0.05, 0) is 12.5 Å². The van der Waals surface area contributed by atoms with Gasteiger partial charge in [0.1, 0.15) is 4.83 Å². The van der Waals surface area contributed by atoms with Crippen molar-refractivity contribution in [1.29, 1.82) is 0 Å². The van der Waals surface area contributed by atoms with Crippen LogP contribution in [0.5, 0.6) is 0 Å². The summed E-state index contributed by atoms with van der Waals surface area (Å²) in [5.74, 6) is 0.765. The molecule has 3 aromatic rings. The zero-order chi connectivity index (χ0) is 15.5. The number of benzene rings is 1. The van der Waals surface area contributed by atoms with Gasteiger partial charge in [-0.1, -0.05) is 41.6 Å². The second-order valence-electron chi connectivity index (χ2n) is 4.91. The maximum absolute atomic E-state index is 12.4. The second kappa shape index (κ2) is 6.64. The number of ether oxygens (including phenoxy) is 1. The highest BCUT2D eigenvalue weighted by Crippen LogP contribution is 2.31. The Morgan fingerprint density at radius 3 is 2.82 bits per heavy atom. The first-order chi connectivity index (χ1) is 10.7. The zero-order valence-electron chi connectivity index (χ0n) is 12.4. The van der Waals surface area contributed by atoms with E-state index in [0.29, 0.717) is 17.1 Å². The van der Waals surface area contributed by atoms with Crippen molar-refractivity contribution in [3.63, 3.8) is 0 Å². The SMILES string of the molecule is COCCSc1nc2scc(-c3ccc(C)cc3)c2c(=O)[nH]1. The van der Waals surface area contributed by atoms with Gasteiger partial charge in [0.2, 0.25) is 0 Å². The molecule has 22 heavy (non-hydrogen) atoms. The highest BCUT2D eigenvalue weighted by atomic mass is 32.2. The summed E-state index contributed by atoms with van der Waals surface area (Å²) in [6.07, 6.45) is 0. The molecule has 0 amide bonds. The molecular formula is C16H16N2O2S2. The van der Waals surface area contributed by atoms with Crippen molar-refractivity contribution in [3.8, 4) is 11.1 Å². The molecule has 0 saturated carbocycles. The van der Waals surface area contributed by atoms with Crippen LogP contribution in [0.3, 0.4) is 0 Å². The molecule has 0 aliphatic rings. The predicted octanol–water partition coefficient (Wildman–Crippen LogP) is 3.70. The molecule has 0 atom stereocenters. The summed E-state index contributed by atoms with van der Waals surface area (Å²) in [5, 5.41) is 3.32. The highest BCUT2D eigenvalue weighted by Gasteiger charge is 2.13. The first-order valence-electron chi connectivity index (χ1n) is 6.89. The van der Waals surface area contributed by atoms with E-state index in [-0.39, 0.29) is 5.56 Å². The topological polar surface area (TPSA) is 55.0 Å². The van der Waals surface area contributed by atoms with Gasteiger partial charge in [0.25, 0.3) is 5.56 Å². The Bertz CT molecular complexity index is 837. The molecule has 0 fully saturated rings. The lowest BCUT2D eigenvalue weighted by atomic mass is 10.1. The largest absolute Gasteiger partial charge is 0.384 e. The van der Waals surface area contributed by atoms with E-state index in [1.807, 2.05) is 24.4 Å². The number of aryl methyl sites for hydroxylation is 1. The van der Waals surface area contributed by atoms with Gasteiger partial charge >= 0.3 is 0 Å². The van der Waals surface area contributed by atoms with Crippen LogP contribution in [-0.2, 0) is 4.74 Å². The molecule has 2 aromatic heterocycles. The number of aromatic nitrogens is 2. The molecule has 0 aliphatic heterocycles. The summed E-state index contributed by atoms with van der Waals surface area (Å²) in [6, 6.07) is 8.18. The molecule has 114 valence electrons. The van der Waals surface area contributed by atoms with E-state index in [2.05, 4.69) is 22.1 Å². The van der Waals surface area contributed by atoms with Crippen molar-refractivity contribution in [2.45, 2.75) is 12.1 Å². The molecule has 0 aliphatic carbocycles. The number of thiophene rings is 1. The first-order valence-corrected chi connectivity index (χ1v) is 8.76. The summed E-state index contributed by atoms with van der Waals surface area (Å²) in [7, 11) is 1.66. The van der Waals surface area contributed by atoms with Gasteiger partial charge < -0.3 is 9.72 Å². The maximum atomic E-state index is 12.4. The molecule has 3 rings (SSSR count). The number of aromatic amines is 1. The van der Waals surface area contributed by atoms with Crippen LogP contribution in [0.25, 0.3) is 21.3 Å². The minimum atomic E-state index is -0.0817. The van der Waals surface area contributed by atoms with E-state index in [1.54, 1.807) is 7.11 Å². The first kappa shape index (κ1) is 15.3. The second-order valence-corrected chi connectivity index (χ2v) is 6.85. The van der Waals surface area contributed by atoms with E-state index in [4.69, 9.17) is 4.74 Å². The van der Waals surface area contributed by atoms with Crippen LogP contribution < -0.4 is 5.56 Å². The van der Waals surface area contributed by atoms with Crippen LogP contribution in [0.4, 0.5) is 0 Å². The molecule has 0 saturated heterocycles. The molecule has 0 radical (unpaired) electrons. The number of nitrogens with one attached hydrogen (secondary N) is 1. The van der Waals surface area contributed by atoms with Crippen LogP contribution in [0, 0.1) is 6.92 Å². The van der Waals surface area contributed by atoms with Crippen LogP contribution >= 0.6 is 23.1 Å². The zero-order valence-corrected chi connectivity index (χ0v) is 14.0. The number of rotatable bonds is 5. The average molecular weight is 332 g/mol. The number of H-pyrrole nitrogens is 1. The third-order valence-electron chi connectivity index (χ3n) is 3.31. The fourth-order valence-corrected chi connectivity index (χ4v) is 3.93. The minimum absolute atomic E-state index is 0.0817. The lowest BCUT2D eigenvalue weighted by molar-refractivity contribution is 0.218. The number of thioether (sulfide) groups is 1. The fourth-order valence-electron chi connectivity index (χ4n) is 2.16. The van der Waals surface area contributed by atoms with E-state index in [1.165, 1.54) is 28.7 Å². The van der Waals surface area contributed by atoms with Crippen molar-refractivity contribution in [3.05, 3.63) is 45.6 Å². The van der Waals surface area contributed by atoms with Gasteiger partial charge in [0, 0.05) is 23.8 Å². The Labute approximate surface area is 136 Å². The molecule has 2 heterocycles. The monoisotopic (exact) mass is 332 g/mol. The van der Waals surface area contributed by atoms with Crippen LogP contribution in [0.1, 0.15) is 5.56 Å². The van der Waals surface area contributed by atoms with Crippen molar-refractivity contribution in [2.75, 3.05) is 19.5 Å². The molecule has 0 spiro atoms. The molecule has 0 unspecified atom stereocenters. The number of hydrogen-bond donors (Lipinski definition) is 1. The Kier molecular flexibility index (Phi) is 4.61. The molecule has 6 heteroatoms. The van der Waals surface area contributed by atoms with E-state index in [0.717, 1.165) is 21.7 Å². The molecule has 1 N–H and O–H groups in total. The summed E-state index contributed by atoms with van der Waals surface area (Å²) in [6.45, 7) is 2.68. The van der Waals surface area contributed by atoms with Gasteiger partial charge in [0.15, 0.2) is 5.16 Å². The van der Waals surface area contributed by atoms with Crippen molar-refractivity contribution in [1.82, 2.24) is 9.97 Å². The Morgan fingerprint density at radius 2 is 2.09 bits per heavy atom. The molecule has 0 bridgehead atoms. The maximum Gasteiger partial charge on any atom is 0.260 e. The summed E-state index contributed by atoms with van der Waals surface area (Å²) < 4.78 is 5.01. The van der Waals surface area contributed by atoms with E-state index < -0.39 is 0 Å². The van der Waals surface area contributed by atoms with Gasteiger partial charge in [-0.2, -0.15) is 0 Å². The van der Waals surface area contributed by atoms with Crippen molar-refractivity contribution < 1.29 is 4.74 Å². The van der Waals surface area contributed by atoms with Gasteiger partial charge in [-0.15, -0.1) is 11.3 Å². The summed E-state index contributed by atoms with van der Waals surface area (Å²) >= 11 is 3.00. The smallest absolute Gasteiger partial charge is 0.260 e. The van der Waals surface area contributed by atoms with Gasteiger partial charge in [0.05, 0.1) is 12.0 Å². The Balaban J connectivity index is 2.01. The van der Waals surface area contributed by atoms with Gasteiger partial charge in [-0.25, -0.2) is 4.98 Å². The normalized spacial score (nSPS) is 11.2. The highest BCUT2D eigenvalue weighted by molar-refractivity contribution is 7.99. The van der Waals surface area contributed by atoms with E-state index >= 15 is 0 Å².